The first-order valence-corrected chi connectivity index (χ1v) is 22.6. The maximum absolute atomic E-state index is 12.5. The molecule has 0 unspecified atom stereocenters. The summed E-state index contributed by atoms with van der Waals surface area (Å²) in [4.78, 5) is 12.5. The van der Waals surface area contributed by atoms with Crippen molar-refractivity contribution in [3.63, 3.8) is 0 Å². The number of carbonyl (C=O) groups excluding carboxylic acids is 1. The molecule has 0 aliphatic heterocycles. The topological polar surface area (TPSA) is 54.0 Å². The maximum Gasteiger partial charge on any atom is 0.333 e. The minimum atomic E-state index is -1.93. The highest BCUT2D eigenvalue weighted by atomic mass is 28.4. The molecule has 0 aliphatic rings. The number of ether oxygens (including phenoxy) is 3. The minimum absolute atomic E-state index is 0.0321. The first-order valence-electron chi connectivity index (χ1n) is 20.0. The number of carbonyl (C=O) groups is 1. The molecule has 0 aliphatic carbocycles. The van der Waals surface area contributed by atoms with Crippen molar-refractivity contribution in [1.29, 1.82) is 0 Å². The summed E-state index contributed by atoms with van der Waals surface area (Å²) >= 11 is 0. The first-order chi connectivity index (χ1) is 23.9. The van der Waals surface area contributed by atoms with Gasteiger partial charge in [-0.05, 0) is 81.4 Å². The van der Waals surface area contributed by atoms with Crippen molar-refractivity contribution in [3.05, 3.63) is 64.8 Å². The molecule has 6 heteroatoms. The van der Waals surface area contributed by atoms with Crippen molar-refractivity contribution in [1.82, 2.24) is 0 Å². The predicted molar refractivity (Wildman–Crippen MR) is 216 cm³/mol. The van der Waals surface area contributed by atoms with Gasteiger partial charge >= 0.3 is 5.97 Å². The van der Waals surface area contributed by atoms with E-state index in [0.717, 1.165) is 29.4 Å². The number of allylic oxidation sites excluding steroid dienone is 2. The molecule has 0 N–H and O–H groups in total. The maximum atomic E-state index is 12.5. The summed E-state index contributed by atoms with van der Waals surface area (Å²) < 4.78 is 24.6. The summed E-state index contributed by atoms with van der Waals surface area (Å²) in [6.07, 6.45) is 18.5. The van der Waals surface area contributed by atoms with E-state index in [9.17, 15) is 4.79 Å². The molecule has 1 rings (SSSR count). The van der Waals surface area contributed by atoms with Gasteiger partial charge in [-0.2, -0.15) is 0 Å². The molecule has 1 aromatic carbocycles. The van der Waals surface area contributed by atoms with Crippen molar-refractivity contribution < 1.29 is 23.4 Å². The van der Waals surface area contributed by atoms with Gasteiger partial charge in [0.25, 0.3) is 0 Å². The van der Waals surface area contributed by atoms with Crippen molar-refractivity contribution >= 4 is 14.3 Å². The molecule has 0 spiro atoms. The van der Waals surface area contributed by atoms with Gasteiger partial charge in [0, 0.05) is 17.4 Å². The molecule has 0 aromatic heterocycles. The van der Waals surface area contributed by atoms with Gasteiger partial charge in [0.2, 0.25) is 0 Å². The highest BCUT2D eigenvalue weighted by Gasteiger charge is 2.34. The molecular formula is C44H76O5Si. The zero-order valence-corrected chi connectivity index (χ0v) is 35.4. The molecule has 50 heavy (non-hydrogen) atoms. The van der Waals surface area contributed by atoms with Gasteiger partial charge in [-0.15, -0.1) is 0 Å². The Bertz CT molecular complexity index is 1140. The number of rotatable bonds is 27. The Hall–Kier alpha value is -2.15. The Morgan fingerprint density at radius 1 is 0.780 bits per heavy atom. The van der Waals surface area contributed by atoms with Gasteiger partial charge < -0.3 is 18.6 Å². The van der Waals surface area contributed by atoms with Gasteiger partial charge in [-0.25, -0.2) is 4.79 Å². The van der Waals surface area contributed by atoms with Crippen LogP contribution < -0.4 is 4.74 Å². The van der Waals surface area contributed by atoms with Crippen LogP contribution in [0, 0.1) is 17.8 Å². The van der Waals surface area contributed by atoms with Crippen LogP contribution >= 0.6 is 0 Å². The molecule has 0 saturated heterocycles. The van der Waals surface area contributed by atoms with E-state index in [1.165, 1.54) is 68.9 Å². The Morgan fingerprint density at radius 2 is 1.36 bits per heavy atom. The summed E-state index contributed by atoms with van der Waals surface area (Å²) in [6.45, 7) is 25.0. The SMILES string of the molecule is CCCCCCCCCC[C@H](C)[C@@H](OCc1ccc(OC)cc1)[C@@H](C)/C=C(C)/C=C(\C)[C@@H](O[Si](CC)(CC)CC)[C@H](C)/C=C(\C)C(=O)OCC. The third-order valence-electron chi connectivity index (χ3n) is 10.5. The van der Waals surface area contributed by atoms with Gasteiger partial charge in [0.1, 0.15) is 5.75 Å². The van der Waals surface area contributed by atoms with Crippen LogP contribution in [0.25, 0.3) is 0 Å². The fourth-order valence-electron chi connectivity index (χ4n) is 7.19. The van der Waals surface area contributed by atoms with Crippen LogP contribution in [-0.4, -0.2) is 40.2 Å². The lowest BCUT2D eigenvalue weighted by Crippen LogP contribution is -2.42. The van der Waals surface area contributed by atoms with Gasteiger partial charge in [0.05, 0.1) is 32.5 Å². The smallest absolute Gasteiger partial charge is 0.333 e. The van der Waals surface area contributed by atoms with Gasteiger partial charge in [-0.1, -0.05) is 136 Å². The number of hydrogen-bond donors (Lipinski definition) is 0. The van der Waals surface area contributed by atoms with E-state index in [1.54, 1.807) is 7.11 Å². The van der Waals surface area contributed by atoms with Crippen LogP contribution in [0.4, 0.5) is 0 Å². The molecule has 0 radical (unpaired) electrons. The van der Waals surface area contributed by atoms with E-state index in [-0.39, 0.29) is 30.0 Å². The average molecular weight is 713 g/mol. The van der Waals surface area contributed by atoms with Crippen LogP contribution in [0.3, 0.4) is 0 Å². The van der Waals surface area contributed by atoms with E-state index in [1.807, 2.05) is 32.1 Å². The van der Waals surface area contributed by atoms with Crippen LogP contribution in [0.2, 0.25) is 18.1 Å². The fraction of sp³-hybridized carbons (Fsp3) is 0.705. The van der Waals surface area contributed by atoms with E-state index >= 15 is 0 Å². The van der Waals surface area contributed by atoms with Gasteiger partial charge in [0.15, 0.2) is 8.32 Å². The van der Waals surface area contributed by atoms with E-state index in [0.29, 0.717) is 24.7 Å². The molecule has 0 bridgehead atoms. The fourth-order valence-corrected chi connectivity index (χ4v) is 10.1. The second-order valence-corrected chi connectivity index (χ2v) is 19.5. The summed E-state index contributed by atoms with van der Waals surface area (Å²) in [5.41, 5.74) is 4.22. The molecular weight excluding hydrogens is 637 g/mol. The summed E-state index contributed by atoms with van der Waals surface area (Å²) in [5, 5.41) is 0. The summed E-state index contributed by atoms with van der Waals surface area (Å²) in [6, 6.07) is 11.4. The molecule has 1 aromatic rings. The molecule has 0 saturated carbocycles. The molecule has 0 fully saturated rings. The number of methoxy groups -OCH3 is 1. The Balaban J connectivity index is 3.27. The largest absolute Gasteiger partial charge is 0.497 e. The van der Waals surface area contributed by atoms with Crippen molar-refractivity contribution in [3.8, 4) is 5.75 Å². The predicted octanol–water partition coefficient (Wildman–Crippen LogP) is 12.8. The molecule has 286 valence electrons. The Labute approximate surface area is 309 Å². The molecule has 5 atom stereocenters. The Kier molecular flexibility index (Phi) is 23.6. The first kappa shape index (κ1) is 45.9. The second-order valence-electron chi connectivity index (χ2n) is 14.7. The van der Waals surface area contributed by atoms with Crippen molar-refractivity contribution in [2.75, 3.05) is 13.7 Å². The van der Waals surface area contributed by atoms with E-state index in [2.05, 4.69) is 86.6 Å². The zero-order chi connectivity index (χ0) is 37.5. The van der Waals surface area contributed by atoms with Crippen molar-refractivity contribution in [2.24, 2.45) is 17.8 Å². The van der Waals surface area contributed by atoms with Crippen molar-refractivity contribution in [2.45, 2.75) is 171 Å². The molecule has 0 amide bonds. The monoisotopic (exact) mass is 713 g/mol. The standard InChI is InChI=1S/C44H76O5Si/c1-13-18-19-20-21-22-23-24-25-35(7)42(48-33-40-26-28-41(46-12)29-27-40)36(8)30-34(6)31-37(9)43(49-50(15-3,16-4)17-5)38(10)32-39(11)44(45)47-14-2/h26-32,35-36,38,42-43H,13-25,33H2,1-12H3/b34-30+,37-31+,39-32+/t35-,36-,38+,42+,43+/m0/s1. The lowest BCUT2D eigenvalue weighted by atomic mass is 9.87. The molecule has 5 nitrogen and oxygen atoms in total. The van der Waals surface area contributed by atoms with Gasteiger partial charge in [-0.3, -0.25) is 0 Å². The third kappa shape index (κ3) is 16.9. The van der Waals surface area contributed by atoms with Crippen LogP contribution in [0.15, 0.2) is 59.2 Å². The zero-order valence-electron chi connectivity index (χ0n) is 34.4. The van der Waals surface area contributed by atoms with E-state index in [4.69, 9.17) is 18.6 Å². The quantitative estimate of drug-likeness (QED) is 0.0299. The van der Waals surface area contributed by atoms with Crippen LogP contribution in [0.1, 0.15) is 140 Å². The number of benzene rings is 1. The normalized spacial score (nSPS) is 16.1. The highest BCUT2D eigenvalue weighted by Crippen LogP contribution is 2.31. The minimum Gasteiger partial charge on any atom is -0.497 e. The number of unbranched alkanes of at least 4 members (excludes halogenated alkanes) is 7. The average Bonchev–Trinajstić information content (AvgIpc) is 3.10. The summed E-state index contributed by atoms with van der Waals surface area (Å²) in [5.74, 6) is 1.32. The highest BCUT2D eigenvalue weighted by molar-refractivity contribution is 6.73. The number of esters is 1. The van der Waals surface area contributed by atoms with Crippen LogP contribution in [0.5, 0.6) is 5.75 Å². The summed E-state index contributed by atoms with van der Waals surface area (Å²) in [7, 11) is -0.225. The Morgan fingerprint density at radius 3 is 1.90 bits per heavy atom. The number of hydrogen-bond acceptors (Lipinski definition) is 5. The van der Waals surface area contributed by atoms with E-state index < -0.39 is 8.32 Å². The molecule has 0 heterocycles. The van der Waals surface area contributed by atoms with Crippen LogP contribution in [-0.2, 0) is 25.3 Å². The lowest BCUT2D eigenvalue weighted by Gasteiger charge is -2.36. The second kappa shape index (κ2) is 25.7. The third-order valence-corrected chi connectivity index (χ3v) is 15.1. The lowest BCUT2D eigenvalue weighted by molar-refractivity contribution is -0.138.